The summed E-state index contributed by atoms with van der Waals surface area (Å²) < 4.78 is 5.22. The molecule has 0 aromatic carbocycles. The number of aromatic nitrogens is 2. The molecule has 0 amide bonds. The largest absolute Gasteiger partial charge is 0.338 e. The topological polar surface area (TPSA) is 54.2 Å². The third-order valence-corrected chi connectivity index (χ3v) is 3.10. The number of hydrogen-bond donors (Lipinski definition) is 1. The van der Waals surface area contributed by atoms with E-state index in [0.717, 1.165) is 37.8 Å². The van der Waals surface area contributed by atoms with E-state index in [2.05, 4.69) is 20.4 Å². The van der Waals surface area contributed by atoms with Crippen LogP contribution in [-0.2, 0) is 13.0 Å². The molecule has 1 aromatic rings. The zero-order valence-corrected chi connectivity index (χ0v) is 10.1. The lowest BCUT2D eigenvalue weighted by atomic mass is 10.2. The quantitative estimate of drug-likeness (QED) is 0.802. The summed E-state index contributed by atoms with van der Waals surface area (Å²) in [4.78, 5) is 6.77. The van der Waals surface area contributed by atoms with Gasteiger partial charge in [0.25, 0.3) is 0 Å². The highest BCUT2D eigenvalue weighted by Gasteiger charge is 2.25. The van der Waals surface area contributed by atoms with E-state index in [1.165, 1.54) is 12.8 Å². The van der Waals surface area contributed by atoms with Gasteiger partial charge in [-0.05, 0) is 26.4 Å². The average Bonchev–Trinajstić information content (AvgIpc) is 2.90. The third kappa shape index (κ3) is 2.59. The molecule has 1 saturated heterocycles. The summed E-state index contributed by atoms with van der Waals surface area (Å²) in [6.45, 7) is 5.00. The van der Waals surface area contributed by atoms with Crippen LogP contribution in [0.15, 0.2) is 4.52 Å². The van der Waals surface area contributed by atoms with Crippen LogP contribution in [0.3, 0.4) is 0 Å². The second kappa shape index (κ2) is 5.41. The summed E-state index contributed by atoms with van der Waals surface area (Å²) in [5, 5.41) is 7.15. The summed E-state index contributed by atoms with van der Waals surface area (Å²) in [6, 6.07) is 0.613. The molecule has 90 valence electrons. The molecule has 1 aliphatic heterocycles. The summed E-state index contributed by atoms with van der Waals surface area (Å²) in [5.74, 6) is 1.55. The summed E-state index contributed by atoms with van der Waals surface area (Å²) in [6.07, 6.45) is 3.36. The van der Waals surface area contributed by atoms with Gasteiger partial charge in [0.15, 0.2) is 5.82 Å². The molecular formula is C11H20N4O. The Morgan fingerprint density at radius 2 is 2.44 bits per heavy atom. The van der Waals surface area contributed by atoms with Gasteiger partial charge in [0, 0.05) is 19.0 Å². The van der Waals surface area contributed by atoms with Crippen LogP contribution in [0, 0.1) is 0 Å². The zero-order valence-electron chi connectivity index (χ0n) is 10.1. The van der Waals surface area contributed by atoms with Crippen molar-refractivity contribution in [1.29, 1.82) is 0 Å². The monoisotopic (exact) mass is 224 g/mol. The lowest BCUT2D eigenvalue weighted by Gasteiger charge is -2.22. The molecule has 1 fully saturated rings. The molecule has 0 aliphatic carbocycles. The zero-order chi connectivity index (χ0) is 11.4. The number of nitrogens with one attached hydrogen (secondary N) is 1. The molecule has 0 radical (unpaired) electrons. The first-order chi connectivity index (χ1) is 7.83. The SMILES string of the molecule is CCc1noc(CN2CCCC2CNC)n1. The van der Waals surface area contributed by atoms with Crippen molar-refractivity contribution >= 4 is 0 Å². The number of rotatable bonds is 5. The van der Waals surface area contributed by atoms with Crippen molar-refractivity contribution in [3.05, 3.63) is 11.7 Å². The van der Waals surface area contributed by atoms with Gasteiger partial charge in [-0.2, -0.15) is 4.98 Å². The van der Waals surface area contributed by atoms with Crippen LogP contribution in [0.4, 0.5) is 0 Å². The molecule has 5 heteroatoms. The first-order valence-corrected chi connectivity index (χ1v) is 6.03. The predicted molar refractivity (Wildman–Crippen MR) is 61.0 cm³/mol. The normalized spacial score (nSPS) is 21.8. The standard InChI is InChI=1S/C11H20N4O/c1-3-10-13-11(16-14-10)8-15-6-4-5-9(15)7-12-2/h9,12H,3-8H2,1-2H3. The van der Waals surface area contributed by atoms with Crippen molar-refractivity contribution in [1.82, 2.24) is 20.4 Å². The Kier molecular flexibility index (Phi) is 3.90. The van der Waals surface area contributed by atoms with Gasteiger partial charge in [0.1, 0.15) is 0 Å². The van der Waals surface area contributed by atoms with E-state index in [9.17, 15) is 0 Å². The molecule has 2 heterocycles. The highest BCUT2D eigenvalue weighted by atomic mass is 16.5. The van der Waals surface area contributed by atoms with E-state index >= 15 is 0 Å². The Bertz CT molecular complexity index is 326. The van der Waals surface area contributed by atoms with Crippen molar-refractivity contribution in [2.24, 2.45) is 0 Å². The Morgan fingerprint density at radius 3 is 3.12 bits per heavy atom. The molecular weight excluding hydrogens is 204 g/mol. The molecule has 1 aromatic heterocycles. The fourth-order valence-corrected chi connectivity index (χ4v) is 2.24. The Morgan fingerprint density at radius 1 is 1.56 bits per heavy atom. The van der Waals surface area contributed by atoms with Crippen LogP contribution in [0.1, 0.15) is 31.5 Å². The van der Waals surface area contributed by atoms with Gasteiger partial charge in [-0.1, -0.05) is 12.1 Å². The maximum absolute atomic E-state index is 5.22. The molecule has 1 aliphatic rings. The maximum atomic E-state index is 5.22. The van der Waals surface area contributed by atoms with E-state index < -0.39 is 0 Å². The minimum absolute atomic E-state index is 0.613. The maximum Gasteiger partial charge on any atom is 0.240 e. The Labute approximate surface area is 96.2 Å². The van der Waals surface area contributed by atoms with E-state index in [1.807, 2.05) is 14.0 Å². The van der Waals surface area contributed by atoms with Crippen LogP contribution in [0.25, 0.3) is 0 Å². The number of nitrogens with zero attached hydrogens (tertiary/aromatic N) is 3. The molecule has 0 saturated carbocycles. The fourth-order valence-electron chi connectivity index (χ4n) is 2.24. The van der Waals surface area contributed by atoms with Gasteiger partial charge in [-0.15, -0.1) is 0 Å². The van der Waals surface area contributed by atoms with Gasteiger partial charge < -0.3 is 9.84 Å². The molecule has 0 spiro atoms. The third-order valence-electron chi connectivity index (χ3n) is 3.10. The molecule has 1 atom stereocenters. The van der Waals surface area contributed by atoms with Crippen molar-refractivity contribution in [3.8, 4) is 0 Å². The summed E-state index contributed by atoms with van der Waals surface area (Å²) in [7, 11) is 2.00. The first-order valence-electron chi connectivity index (χ1n) is 6.03. The fraction of sp³-hybridized carbons (Fsp3) is 0.818. The first kappa shape index (κ1) is 11.5. The molecule has 5 nitrogen and oxygen atoms in total. The van der Waals surface area contributed by atoms with Crippen LogP contribution in [0.5, 0.6) is 0 Å². The minimum atomic E-state index is 0.613. The highest BCUT2D eigenvalue weighted by molar-refractivity contribution is 4.89. The van der Waals surface area contributed by atoms with Gasteiger partial charge in [-0.3, -0.25) is 4.90 Å². The highest BCUT2D eigenvalue weighted by Crippen LogP contribution is 2.18. The van der Waals surface area contributed by atoms with E-state index in [0.29, 0.717) is 6.04 Å². The van der Waals surface area contributed by atoms with Gasteiger partial charge in [-0.25, -0.2) is 0 Å². The van der Waals surface area contributed by atoms with E-state index in [1.54, 1.807) is 0 Å². The van der Waals surface area contributed by atoms with Crippen LogP contribution < -0.4 is 5.32 Å². The average molecular weight is 224 g/mol. The predicted octanol–water partition coefficient (Wildman–Crippen LogP) is 0.816. The second-order valence-electron chi connectivity index (χ2n) is 4.28. The lowest BCUT2D eigenvalue weighted by molar-refractivity contribution is 0.209. The van der Waals surface area contributed by atoms with Gasteiger partial charge >= 0.3 is 0 Å². The van der Waals surface area contributed by atoms with Gasteiger partial charge in [0.2, 0.25) is 5.89 Å². The van der Waals surface area contributed by atoms with Crippen LogP contribution >= 0.6 is 0 Å². The van der Waals surface area contributed by atoms with Crippen molar-refractivity contribution in [3.63, 3.8) is 0 Å². The number of likely N-dealkylation sites (N-methyl/N-ethyl adjacent to an activating group) is 1. The molecule has 1 unspecified atom stereocenters. The van der Waals surface area contributed by atoms with Crippen LogP contribution in [0.2, 0.25) is 0 Å². The lowest BCUT2D eigenvalue weighted by Crippen LogP contribution is -2.36. The number of hydrogen-bond acceptors (Lipinski definition) is 5. The Hall–Kier alpha value is -0.940. The molecule has 2 rings (SSSR count). The minimum Gasteiger partial charge on any atom is -0.338 e. The second-order valence-corrected chi connectivity index (χ2v) is 4.28. The van der Waals surface area contributed by atoms with Crippen LogP contribution in [-0.4, -0.2) is 41.2 Å². The van der Waals surface area contributed by atoms with Crippen molar-refractivity contribution in [2.45, 2.75) is 38.8 Å². The molecule has 0 bridgehead atoms. The summed E-state index contributed by atoms with van der Waals surface area (Å²) >= 11 is 0. The van der Waals surface area contributed by atoms with E-state index in [-0.39, 0.29) is 0 Å². The van der Waals surface area contributed by atoms with Crippen molar-refractivity contribution in [2.75, 3.05) is 20.1 Å². The molecule has 1 N–H and O–H groups in total. The Balaban J connectivity index is 1.92. The molecule has 16 heavy (non-hydrogen) atoms. The van der Waals surface area contributed by atoms with Crippen molar-refractivity contribution < 1.29 is 4.52 Å². The summed E-state index contributed by atoms with van der Waals surface area (Å²) in [5.41, 5.74) is 0. The smallest absolute Gasteiger partial charge is 0.240 e. The number of likely N-dealkylation sites (tertiary alicyclic amines) is 1. The van der Waals surface area contributed by atoms with E-state index in [4.69, 9.17) is 4.52 Å². The van der Waals surface area contributed by atoms with Gasteiger partial charge in [0.05, 0.1) is 6.54 Å². The number of aryl methyl sites for hydroxylation is 1.